The second-order valence-electron chi connectivity index (χ2n) is 20.4. The summed E-state index contributed by atoms with van der Waals surface area (Å²) in [5, 5.41) is 4.99. The third-order valence-corrected chi connectivity index (χ3v) is 16.5. The molecule has 1 aliphatic carbocycles. The van der Waals surface area contributed by atoms with Crippen LogP contribution in [0.25, 0.3) is 99.5 Å². The predicted octanol–water partition coefficient (Wildman–Crippen LogP) is 19.0. The second kappa shape index (κ2) is 16.5. The van der Waals surface area contributed by atoms with E-state index in [9.17, 15) is 0 Å². The standard InChI is InChI=1S/C73H47N3/c1-2-17-48(18-3-1)49-33-35-52(36-34-49)56-19-6-12-29-67(56)74(53-41-37-50(38-42-53)51-39-43-54(44-40-51)75-68-30-13-7-22-59(68)60-23-8-14-31-69(60)75)55-45-46-70-62(47-55)61-24-16-28-66-72(61)76(70)71-32-15-11-27-65(71)73(66)63-25-9-4-20-57(63)58-21-5-10-26-64(58)73/h1-47H. The van der Waals surface area contributed by atoms with Gasteiger partial charge in [0.2, 0.25) is 0 Å². The highest BCUT2D eigenvalue weighted by Crippen LogP contribution is 2.61. The van der Waals surface area contributed by atoms with E-state index in [4.69, 9.17) is 0 Å². The highest BCUT2D eigenvalue weighted by atomic mass is 15.1. The van der Waals surface area contributed by atoms with Gasteiger partial charge in [-0.15, -0.1) is 0 Å². The van der Waals surface area contributed by atoms with Crippen molar-refractivity contribution in [2.24, 2.45) is 0 Å². The molecule has 0 bridgehead atoms. The van der Waals surface area contributed by atoms with Gasteiger partial charge < -0.3 is 14.0 Å². The molecule has 2 aromatic heterocycles. The van der Waals surface area contributed by atoms with E-state index < -0.39 is 5.41 Å². The van der Waals surface area contributed by atoms with Gasteiger partial charge in [0.15, 0.2) is 0 Å². The number of nitrogens with zero attached hydrogens (tertiary/aromatic N) is 3. The number of benzene rings is 12. The average Bonchev–Trinajstić information content (AvgIpc) is 4.30. The fourth-order valence-corrected chi connectivity index (χ4v) is 13.3. The van der Waals surface area contributed by atoms with E-state index in [1.807, 2.05) is 0 Å². The van der Waals surface area contributed by atoms with Gasteiger partial charge in [0.1, 0.15) is 0 Å². The second-order valence-corrected chi connectivity index (χ2v) is 20.4. The molecule has 3 heterocycles. The van der Waals surface area contributed by atoms with Crippen molar-refractivity contribution >= 4 is 60.7 Å². The highest BCUT2D eigenvalue weighted by molar-refractivity contribution is 6.14. The van der Waals surface area contributed by atoms with Gasteiger partial charge in [-0.3, -0.25) is 0 Å². The molecule has 1 aliphatic heterocycles. The van der Waals surface area contributed by atoms with Gasteiger partial charge in [-0.05, 0) is 128 Å². The van der Waals surface area contributed by atoms with Crippen LogP contribution in [0.2, 0.25) is 0 Å². The fourth-order valence-electron chi connectivity index (χ4n) is 13.3. The maximum absolute atomic E-state index is 2.54. The number of hydrogen-bond donors (Lipinski definition) is 0. The lowest BCUT2D eigenvalue weighted by Gasteiger charge is -2.39. The molecule has 0 fully saturated rings. The Labute approximate surface area is 441 Å². The van der Waals surface area contributed by atoms with Crippen LogP contribution >= 0.6 is 0 Å². The van der Waals surface area contributed by atoms with Gasteiger partial charge in [-0.2, -0.15) is 0 Å². The summed E-state index contributed by atoms with van der Waals surface area (Å²) >= 11 is 0. The van der Waals surface area contributed by atoms with Crippen molar-refractivity contribution in [2.45, 2.75) is 5.41 Å². The first-order valence-electron chi connectivity index (χ1n) is 26.3. The summed E-state index contributed by atoms with van der Waals surface area (Å²) in [6.07, 6.45) is 0. The van der Waals surface area contributed by atoms with E-state index in [0.29, 0.717) is 0 Å². The van der Waals surface area contributed by atoms with Crippen molar-refractivity contribution in [3.8, 4) is 55.9 Å². The lowest BCUT2D eigenvalue weighted by atomic mass is 9.65. The Kier molecular flexibility index (Phi) is 9.25. The van der Waals surface area contributed by atoms with Crippen LogP contribution in [0.4, 0.5) is 17.1 Å². The number of aromatic nitrogens is 2. The van der Waals surface area contributed by atoms with Crippen molar-refractivity contribution < 1.29 is 0 Å². The minimum absolute atomic E-state index is 0.468. The molecule has 0 N–H and O–H groups in total. The molecule has 3 nitrogen and oxygen atoms in total. The maximum Gasteiger partial charge on any atom is 0.0754 e. The molecule has 0 amide bonds. The number of anilines is 3. The smallest absolute Gasteiger partial charge is 0.0754 e. The topological polar surface area (TPSA) is 13.1 Å². The molecule has 76 heavy (non-hydrogen) atoms. The molecular formula is C73H47N3. The van der Waals surface area contributed by atoms with Crippen LogP contribution in [0.15, 0.2) is 285 Å². The number of hydrogen-bond acceptors (Lipinski definition) is 1. The Morgan fingerprint density at radius 1 is 0.276 bits per heavy atom. The quantitative estimate of drug-likeness (QED) is 0.155. The lowest BCUT2D eigenvalue weighted by Crippen LogP contribution is -2.33. The van der Waals surface area contributed by atoms with Crippen LogP contribution in [0.1, 0.15) is 22.3 Å². The van der Waals surface area contributed by atoms with Gasteiger partial charge in [0.05, 0.1) is 38.9 Å². The summed E-state index contributed by atoms with van der Waals surface area (Å²) in [5.41, 5.74) is 25.0. The molecule has 14 aromatic rings. The monoisotopic (exact) mass is 965 g/mol. The van der Waals surface area contributed by atoms with Crippen molar-refractivity contribution in [1.29, 1.82) is 0 Å². The zero-order valence-electron chi connectivity index (χ0n) is 41.5. The zero-order chi connectivity index (χ0) is 49.9. The molecule has 2 aliphatic rings. The molecule has 16 rings (SSSR count). The summed E-state index contributed by atoms with van der Waals surface area (Å²) < 4.78 is 4.92. The van der Waals surface area contributed by atoms with Crippen molar-refractivity contribution in [3.63, 3.8) is 0 Å². The van der Waals surface area contributed by atoms with Crippen LogP contribution in [0.5, 0.6) is 0 Å². The van der Waals surface area contributed by atoms with Gasteiger partial charge in [-0.1, -0.05) is 218 Å². The first-order valence-corrected chi connectivity index (χ1v) is 26.3. The van der Waals surface area contributed by atoms with Gasteiger partial charge in [0.25, 0.3) is 0 Å². The zero-order valence-corrected chi connectivity index (χ0v) is 41.5. The van der Waals surface area contributed by atoms with Crippen molar-refractivity contribution in [2.75, 3.05) is 4.90 Å². The molecule has 0 atom stereocenters. The van der Waals surface area contributed by atoms with Crippen LogP contribution in [-0.4, -0.2) is 9.13 Å². The summed E-state index contributed by atoms with van der Waals surface area (Å²) in [4.78, 5) is 2.46. The van der Waals surface area contributed by atoms with E-state index in [0.717, 1.165) is 39.4 Å². The Hall–Kier alpha value is -9.96. The lowest BCUT2D eigenvalue weighted by molar-refractivity contribution is 0.748. The van der Waals surface area contributed by atoms with Crippen LogP contribution < -0.4 is 4.90 Å². The summed E-state index contributed by atoms with van der Waals surface area (Å²) in [6.45, 7) is 0. The van der Waals surface area contributed by atoms with E-state index in [1.165, 1.54) is 99.4 Å². The summed E-state index contributed by atoms with van der Waals surface area (Å²) in [7, 11) is 0. The molecule has 354 valence electrons. The van der Waals surface area contributed by atoms with Crippen molar-refractivity contribution in [3.05, 3.63) is 307 Å². The highest BCUT2D eigenvalue weighted by Gasteiger charge is 2.50. The first kappa shape index (κ1) is 42.5. The molecule has 0 unspecified atom stereocenters. The SMILES string of the molecule is c1ccc(-c2ccc(-c3ccccc3N(c3ccc(-c4ccc(-n5c6ccccc6c6ccccc65)cc4)cc3)c3ccc4c(c3)c3cccc5c3n4-c3ccccc3C53c4ccccc4-c4ccccc43)cc2)cc1. The van der Waals surface area contributed by atoms with Gasteiger partial charge in [0, 0.05) is 44.2 Å². The van der Waals surface area contributed by atoms with E-state index in [1.54, 1.807) is 0 Å². The van der Waals surface area contributed by atoms with E-state index >= 15 is 0 Å². The van der Waals surface area contributed by atoms with Gasteiger partial charge in [-0.25, -0.2) is 0 Å². The van der Waals surface area contributed by atoms with Crippen LogP contribution in [-0.2, 0) is 5.41 Å². The molecule has 0 radical (unpaired) electrons. The van der Waals surface area contributed by atoms with Gasteiger partial charge >= 0.3 is 0 Å². The Balaban J connectivity index is 0.862. The summed E-state index contributed by atoms with van der Waals surface area (Å²) in [5.74, 6) is 0. The van der Waals surface area contributed by atoms with E-state index in [2.05, 4.69) is 299 Å². The Bertz CT molecular complexity index is 4520. The largest absolute Gasteiger partial charge is 0.310 e. The summed E-state index contributed by atoms with van der Waals surface area (Å²) in [6, 6.07) is 106. The minimum atomic E-state index is -0.468. The number of rotatable bonds is 7. The van der Waals surface area contributed by atoms with E-state index in [-0.39, 0.29) is 0 Å². The number of para-hydroxylation sites is 5. The van der Waals surface area contributed by atoms with Crippen LogP contribution in [0, 0.1) is 0 Å². The maximum atomic E-state index is 2.54. The average molecular weight is 966 g/mol. The fraction of sp³-hybridized carbons (Fsp3) is 0.0137. The normalized spacial score (nSPS) is 12.8. The van der Waals surface area contributed by atoms with Crippen LogP contribution in [0.3, 0.4) is 0 Å². The molecule has 1 spiro atoms. The molecule has 3 heteroatoms. The molecule has 12 aromatic carbocycles. The predicted molar refractivity (Wildman–Crippen MR) is 317 cm³/mol. The first-order chi connectivity index (χ1) is 37.7. The minimum Gasteiger partial charge on any atom is -0.310 e. The Morgan fingerprint density at radius 2 is 0.750 bits per heavy atom. The molecular weight excluding hydrogens is 919 g/mol. The third-order valence-electron chi connectivity index (χ3n) is 16.5. The Morgan fingerprint density at radius 3 is 1.43 bits per heavy atom. The molecule has 0 saturated carbocycles. The third kappa shape index (κ3) is 6.05. The molecule has 0 saturated heterocycles. The number of fused-ring (bicyclic) bond motifs is 15. The van der Waals surface area contributed by atoms with Crippen molar-refractivity contribution in [1.82, 2.24) is 9.13 Å².